The molecule has 0 saturated carbocycles. The Bertz CT molecular complexity index is 1210. The fourth-order valence-corrected chi connectivity index (χ4v) is 3.74. The number of benzene rings is 1. The highest BCUT2D eigenvalue weighted by atomic mass is 16.4. The predicted octanol–water partition coefficient (Wildman–Crippen LogP) is -1.42. The van der Waals surface area contributed by atoms with Crippen LogP contribution in [0, 0.1) is 5.92 Å². The van der Waals surface area contributed by atoms with E-state index in [1.165, 1.54) is 0 Å². The number of primary amides is 1. The Kier molecular flexibility index (Phi) is 10.3. The molecule has 0 radical (unpaired) electrons. The van der Waals surface area contributed by atoms with E-state index in [1.807, 2.05) is 18.2 Å². The number of carboxylic acids is 2. The van der Waals surface area contributed by atoms with Gasteiger partial charge in [-0.05, 0) is 17.5 Å². The molecule has 4 atom stereocenters. The van der Waals surface area contributed by atoms with Crippen LogP contribution in [0.5, 0.6) is 0 Å². The normalized spacial score (nSPS) is 14.2. The minimum atomic E-state index is -1.72. The van der Waals surface area contributed by atoms with Gasteiger partial charge in [0.1, 0.15) is 18.1 Å². The lowest BCUT2D eigenvalue weighted by atomic mass is 10.00. The summed E-state index contributed by atoms with van der Waals surface area (Å²) in [5.74, 6) is -6.85. The second kappa shape index (κ2) is 13.2. The Morgan fingerprint density at radius 3 is 2.11 bits per heavy atom. The number of carboxylic acid groups (broad SMARTS) is 2. The number of nitrogens with two attached hydrogens (primary N) is 2. The maximum atomic E-state index is 13.3. The van der Waals surface area contributed by atoms with Crippen molar-refractivity contribution in [1.29, 1.82) is 0 Å². The molecule has 0 bridgehead atoms. The van der Waals surface area contributed by atoms with Crippen molar-refractivity contribution < 1.29 is 39.0 Å². The van der Waals surface area contributed by atoms with E-state index in [2.05, 4.69) is 20.9 Å². The first-order valence-electron chi connectivity index (χ1n) is 11.7. The number of para-hydroxylation sites is 1. The molecule has 206 valence electrons. The van der Waals surface area contributed by atoms with Crippen LogP contribution in [0.25, 0.3) is 10.9 Å². The van der Waals surface area contributed by atoms with Gasteiger partial charge < -0.3 is 42.6 Å². The number of carbonyl (C=O) groups is 6. The topological polar surface area (TPSA) is 247 Å². The highest BCUT2D eigenvalue weighted by molar-refractivity contribution is 5.96. The molecule has 1 aromatic carbocycles. The second-order valence-electron chi connectivity index (χ2n) is 9.13. The van der Waals surface area contributed by atoms with E-state index in [9.17, 15) is 33.9 Å². The maximum absolute atomic E-state index is 13.3. The van der Waals surface area contributed by atoms with Crippen LogP contribution in [0.2, 0.25) is 0 Å². The summed E-state index contributed by atoms with van der Waals surface area (Å²) < 4.78 is 0. The van der Waals surface area contributed by atoms with Crippen LogP contribution in [0.3, 0.4) is 0 Å². The number of rotatable bonds is 14. The summed E-state index contributed by atoms with van der Waals surface area (Å²) in [4.78, 5) is 75.4. The lowest BCUT2D eigenvalue weighted by Crippen LogP contribution is -2.59. The molecule has 4 amide bonds. The van der Waals surface area contributed by atoms with Crippen molar-refractivity contribution in [2.45, 2.75) is 57.3 Å². The first kappa shape index (κ1) is 29.8. The van der Waals surface area contributed by atoms with Crippen LogP contribution in [-0.2, 0) is 35.2 Å². The van der Waals surface area contributed by atoms with Crippen LogP contribution in [-0.4, -0.2) is 74.9 Å². The highest BCUT2D eigenvalue weighted by Crippen LogP contribution is 2.19. The van der Waals surface area contributed by atoms with Crippen LogP contribution >= 0.6 is 0 Å². The zero-order chi connectivity index (χ0) is 28.6. The average Bonchev–Trinajstić information content (AvgIpc) is 3.23. The van der Waals surface area contributed by atoms with E-state index in [1.54, 1.807) is 26.1 Å². The van der Waals surface area contributed by atoms with Crippen molar-refractivity contribution >= 4 is 46.5 Å². The summed E-state index contributed by atoms with van der Waals surface area (Å²) in [7, 11) is 0. The summed E-state index contributed by atoms with van der Waals surface area (Å²) in [6, 6.07) is 1.71. The van der Waals surface area contributed by atoms with Crippen LogP contribution in [0.1, 0.15) is 32.3 Å². The van der Waals surface area contributed by atoms with Gasteiger partial charge in [0.15, 0.2) is 0 Å². The van der Waals surface area contributed by atoms with E-state index >= 15 is 0 Å². The number of aromatic amines is 1. The van der Waals surface area contributed by atoms with Gasteiger partial charge >= 0.3 is 11.9 Å². The molecule has 0 saturated heterocycles. The smallest absolute Gasteiger partial charge is 0.326 e. The lowest BCUT2D eigenvalue weighted by Gasteiger charge is -2.27. The number of fused-ring (bicyclic) bond motifs is 1. The Morgan fingerprint density at radius 2 is 1.53 bits per heavy atom. The standard InChI is InChI=1S/C24H32N6O8/c1-11(2)20(23(36)29-17(24(37)38)9-19(32)33)30-22(35)16(28-21(34)14(25)8-18(26)31)7-12-10-27-15-6-4-3-5-13(12)15/h3-6,10-11,14,16-17,20,27H,7-9,25H2,1-2H3,(H2,26,31)(H,28,34)(H,29,36)(H,30,35)(H,32,33)(H,37,38). The molecule has 0 aliphatic carbocycles. The van der Waals surface area contributed by atoms with E-state index < -0.39 is 78.5 Å². The van der Waals surface area contributed by atoms with Gasteiger partial charge in [-0.25, -0.2) is 4.79 Å². The zero-order valence-corrected chi connectivity index (χ0v) is 20.9. The molecule has 0 aliphatic heterocycles. The number of carbonyl (C=O) groups excluding carboxylic acids is 4. The molecule has 2 aromatic rings. The van der Waals surface area contributed by atoms with Crippen molar-refractivity contribution in [1.82, 2.24) is 20.9 Å². The third-order valence-electron chi connectivity index (χ3n) is 5.73. The minimum Gasteiger partial charge on any atom is -0.481 e. The molecule has 10 N–H and O–H groups in total. The summed E-state index contributed by atoms with van der Waals surface area (Å²) in [6.45, 7) is 3.18. The van der Waals surface area contributed by atoms with E-state index in [0.29, 0.717) is 5.56 Å². The highest BCUT2D eigenvalue weighted by Gasteiger charge is 2.33. The van der Waals surface area contributed by atoms with Gasteiger partial charge in [-0.3, -0.25) is 24.0 Å². The van der Waals surface area contributed by atoms with Gasteiger partial charge in [0.05, 0.1) is 18.9 Å². The van der Waals surface area contributed by atoms with Crippen molar-refractivity contribution in [2.75, 3.05) is 0 Å². The minimum absolute atomic E-state index is 0.0198. The molecule has 0 aliphatic rings. The predicted molar refractivity (Wildman–Crippen MR) is 134 cm³/mol. The molecule has 14 nitrogen and oxygen atoms in total. The SMILES string of the molecule is CC(C)C(NC(=O)C(Cc1c[nH]c2ccccc12)NC(=O)C(N)CC(N)=O)C(=O)NC(CC(=O)O)C(=O)O. The van der Waals surface area contributed by atoms with Crippen molar-refractivity contribution in [2.24, 2.45) is 17.4 Å². The fraction of sp³-hybridized carbons (Fsp3) is 0.417. The number of amides is 4. The maximum Gasteiger partial charge on any atom is 0.326 e. The van der Waals surface area contributed by atoms with Crippen molar-refractivity contribution in [3.63, 3.8) is 0 Å². The van der Waals surface area contributed by atoms with Crippen LogP contribution in [0.4, 0.5) is 0 Å². The lowest BCUT2D eigenvalue weighted by molar-refractivity contribution is -0.147. The zero-order valence-electron chi connectivity index (χ0n) is 20.9. The quantitative estimate of drug-likeness (QED) is 0.142. The number of aliphatic carboxylic acids is 2. The molecule has 0 spiro atoms. The molecule has 0 fully saturated rings. The first-order valence-corrected chi connectivity index (χ1v) is 11.7. The van der Waals surface area contributed by atoms with Gasteiger partial charge in [-0.1, -0.05) is 32.0 Å². The third kappa shape index (κ3) is 8.30. The van der Waals surface area contributed by atoms with Crippen LogP contribution < -0.4 is 27.4 Å². The molecule has 14 heteroatoms. The summed E-state index contributed by atoms with van der Waals surface area (Å²) in [5, 5.41) is 26.1. The van der Waals surface area contributed by atoms with Gasteiger partial charge in [-0.15, -0.1) is 0 Å². The Morgan fingerprint density at radius 1 is 0.895 bits per heavy atom. The molecule has 38 heavy (non-hydrogen) atoms. The molecule has 1 aromatic heterocycles. The summed E-state index contributed by atoms with van der Waals surface area (Å²) in [6.07, 6.45) is 0.325. The van der Waals surface area contributed by atoms with E-state index in [0.717, 1.165) is 10.9 Å². The largest absolute Gasteiger partial charge is 0.481 e. The second-order valence-corrected chi connectivity index (χ2v) is 9.13. The average molecular weight is 533 g/mol. The molecular weight excluding hydrogens is 500 g/mol. The number of nitrogens with one attached hydrogen (secondary N) is 4. The van der Waals surface area contributed by atoms with Gasteiger partial charge in [0, 0.05) is 23.5 Å². The van der Waals surface area contributed by atoms with Crippen molar-refractivity contribution in [3.05, 3.63) is 36.0 Å². The Hall–Kier alpha value is -4.46. The number of hydrogen-bond donors (Lipinski definition) is 8. The van der Waals surface area contributed by atoms with Gasteiger partial charge in [-0.2, -0.15) is 0 Å². The number of H-pyrrole nitrogens is 1. The number of hydrogen-bond acceptors (Lipinski definition) is 7. The molecule has 4 unspecified atom stereocenters. The fourth-order valence-electron chi connectivity index (χ4n) is 3.74. The Balaban J connectivity index is 2.29. The van der Waals surface area contributed by atoms with E-state index in [-0.39, 0.29) is 6.42 Å². The van der Waals surface area contributed by atoms with Gasteiger partial charge in [0.2, 0.25) is 23.6 Å². The van der Waals surface area contributed by atoms with E-state index in [4.69, 9.17) is 16.6 Å². The van der Waals surface area contributed by atoms with Gasteiger partial charge in [0.25, 0.3) is 0 Å². The Labute approximate surface area is 217 Å². The molecule has 2 rings (SSSR count). The van der Waals surface area contributed by atoms with Crippen LogP contribution in [0.15, 0.2) is 30.5 Å². The first-order chi connectivity index (χ1) is 17.8. The summed E-state index contributed by atoms with van der Waals surface area (Å²) >= 11 is 0. The van der Waals surface area contributed by atoms with Crippen molar-refractivity contribution in [3.8, 4) is 0 Å². The number of aromatic nitrogens is 1. The summed E-state index contributed by atoms with van der Waals surface area (Å²) in [5.41, 5.74) is 12.3. The third-order valence-corrected chi connectivity index (χ3v) is 5.73. The monoisotopic (exact) mass is 532 g/mol. The molecule has 1 heterocycles. The molecular formula is C24H32N6O8.